The standard InChI is InChI=1S/C21H25NO2/c1-4-15-24-20-8-6-5-7-18(20)11-14-21(23)22-19-12-9-17(10-13-19)16(2)3/h5-14,16H,4,15H2,1-3H3,(H,22,23)/b14-11+. The predicted octanol–water partition coefficient (Wildman–Crippen LogP) is 5.25. The first-order valence-electron chi connectivity index (χ1n) is 8.41. The van der Waals surface area contributed by atoms with E-state index in [0.29, 0.717) is 12.5 Å². The van der Waals surface area contributed by atoms with Crippen LogP contribution in [0.2, 0.25) is 0 Å². The summed E-state index contributed by atoms with van der Waals surface area (Å²) in [4.78, 5) is 12.1. The molecule has 0 atom stereocenters. The number of hydrogen-bond acceptors (Lipinski definition) is 2. The maximum atomic E-state index is 12.1. The van der Waals surface area contributed by atoms with Crippen molar-refractivity contribution in [2.24, 2.45) is 0 Å². The molecular weight excluding hydrogens is 298 g/mol. The van der Waals surface area contributed by atoms with E-state index in [1.807, 2.05) is 48.5 Å². The smallest absolute Gasteiger partial charge is 0.248 e. The molecule has 0 fully saturated rings. The van der Waals surface area contributed by atoms with Crippen LogP contribution in [0.4, 0.5) is 5.69 Å². The Hall–Kier alpha value is -2.55. The van der Waals surface area contributed by atoms with Crippen molar-refractivity contribution in [3.05, 3.63) is 65.7 Å². The number of amides is 1. The van der Waals surface area contributed by atoms with Gasteiger partial charge in [0, 0.05) is 17.3 Å². The van der Waals surface area contributed by atoms with Gasteiger partial charge in [0.2, 0.25) is 5.91 Å². The van der Waals surface area contributed by atoms with Crippen LogP contribution in [-0.2, 0) is 4.79 Å². The number of para-hydroxylation sites is 1. The van der Waals surface area contributed by atoms with Crippen LogP contribution in [-0.4, -0.2) is 12.5 Å². The van der Waals surface area contributed by atoms with Gasteiger partial charge in [0.25, 0.3) is 0 Å². The van der Waals surface area contributed by atoms with Crippen LogP contribution >= 0.6 is 0 Å². The van der Waals surface area contributed by atoms with Gasteiger partial charge in [-0.25, -0.2) is 0 Å². The van der Waals surface area contributed by atoms with E-state index in [2.05, 4.69) is 26.1 Å². The highest BCUT2D eigenvalue weighted by Gasteiger charge is 2.03. The van der Waals surface area contributed by atoms with E-state index >= 15 is 0 Å². The number of benzene rings is 2. The van der Waals surface area contributed by atoms with Crippen LogP contribution in [0.1, 0.15) is 44.2 Å². The lowest BCUT2D eigenvalue weighted by Gasteiger charge is -2.08. The van der Waals surface area contributed by atoms with Crippen molar-refractivity contribution in [1.29, 1.82) is 0 Å². The molecule has 126 valence electrons. The molecule has 0 aliphatic rings. The zero-order valence-electron chi connectivity index (χ0n) is 14.6. The molecule has 0 bridgehead atoms. The lowest BCUT2D eigenvalue weighted by Crippen LogP contribution is -2.07. The predicted molar refractivity (Wildman–Crippen MR) is 100 cm³/mol. The number of hydrogen-bond donors (Lipinski definition) is 1. The van der Waals surface area contributed by atoms with Crippen molar-refractivity contribution in [2.75, 3.05) is 11.9 Å². The Morgan fingerprint density at radius 1 is 1.12 bits per heavy atom. The van der Waals surface area contributed by atoms with Crippen LogP contribution in [0.15, 0.2) is 54.6 Å². The molecule has 2 aromatic rings. The first kappa shape index (κ1) is 17.8. The summed E-state index contributed by atoms with van der Waals surface area (Å²) in [7, 11) is 0. The fraction of sp³-hybridized carbons (Fsp3) is 0.286. The Bertz CT molecular complexity index is 687. The molecule has 3 heteroatoms. The van der Waals surface area contributed by atoms with Crippen LogP contribution in [0.3, 0.4) is 0 Å². The molecule has 0 radical (unpaired) electrons. The summed E-state index contributed by atoms with van der Waals surface area (Å²) in [5.41, 5.74) is 2.95. The fourth-order valence-electron chi connectivity index (χ4n) is 2.26. The molecule has 0 heterocycles. The largest absolute Gasteiger partial charge is 0.493 e. The van der Waals surface area contributed by atoms with Gasteiger partial charge in [0.15, 0.2) is 0 Å². The number of anilines is 1. The van der Waals surface area contributed by atoms with Gasteiger partial charge in [-0.05, 0) is 42.2 Å². The number of ether oxygens (including phenoxy) is 1. The SMILES string of the molecule is CCCOc1ccccc1/C=C/C(=O)Nc1ccc(C(C)C)cc1. The molecule has 24 heavy (non-hydrogen) atoms. The highest BCUT2D eigenvalue weighted by atomic mass is 16.5. The van der Waals surface area contributed by atoms with E-state index in [4.69, 9.17) is 4.74 Å². The van der Waals surface area contributed by atoms with Gasteiger partial charge >= 0.3 is 0 Å². The van der Waals surface area contributed by atoms with Crippen LogP contribution < -0.4 is 10.1 Å². The van der Waals surface area contributed by atoms with E-state index < -0.39 is 0 Å². The van der Waals surface area contributed by atoms with Crippen molar-refractivity contribution in [3.8, 4) is 5.75 Å². The fourth-order valence-corrected chi connectivity index (χ4v) is 2.26. The monoisotopic (exact) mass is 323 g/mol. The minimum absolute atomic E-state index is 0.155. The molecule has 0 aromatic heterocycles. The van der Waals surface area contributed by atoms with E-state index in [0.717, 1.165) is 23.4 Å². The van der Waals surface area contributed by atoms with Gasteiger partial charge in [-0.1, -0.05) is 51.1 Å². The number of carbonyl (C=O) groups is 1. The molecule has 0 spiro atoms. The third-order valence-corrected chi connectivity index (χ3v) is 3.64. The summed E-state index contributed by atoms with van der Waals surface area (Å²) in [5.74, 6) is 1.12. The molecule has 0 aliphatic heterocycles. The molecule has 0 unspecified atom stereocenters. The van der Waals surface area contributed by atoms with Crippen molar-refractivity contribution in [3.63, 3.8) is 0 Å². The lowest BCUT2D eigenvalue weighted by molar-refractivity contribution is -0.111. The Morgan fingerprint density at radius 2 is 1.83 bits per heavy atom. The zero-order valence-corrected chi connectivity index (χ0v) is 14.6. The summed E-state index contributed by atoms with van der Waals surface area (Å²) < 4.78 is 5.69. The van der Waals surface area contributed by atoms with Gasteiger partial charge in [-0.2, -0.15) is 0 Å². The van der Waals surface area contributed by atoms with E-state index in [-0.39, 0.29) is 5.91 Å². The van der Waals surface area contributed by atoms with E-state index in [9.17, 15) is 4.79 Å². The summed E-state index contributed by atoms with van der Waals surface area (Å²) in [6.07, 6.45) is 4.26. The molecule has 1 N–H and O–H groups in total. The van der Waals surface area contributed by atoms with Crippen LogP contribution in [0.5, 0.6) is 5.75 Å². The normalized spacial score (nSPS) is 11.0. The summed E-state index contributed by atoms with van der Waals surface area (Å²) in [6, 6.07) is 15.7. The van der Waals surface area contributed by atoms with Crippen LogP contribution in [0.25, 0.3) is 6.08 Å². The highest BCUT2D eigenvalue weighted by Crippen LogP contribution is 2.20. The second-order valence-electron chi connectivity index (χ2n) is 5.99. The van der Waals surface area contributed by atoms with Gasteiger partial charge in [0.05, 0.1) is 6.61 Å². The van der Waals surface area contributed by atoms with Gasteiger partial charge < -0.3 is 10.1 Å². The minimum atomic E-state index is -0.155. The first-order chi connectivity index (χ1) is 11.6. The first-order valence-corrected chi connectivity index (χ1v) is 8.41. The summed E-state index contributed by atoms with van der Waals surface area (Å²) in [5, 5.41) is 2.87. The highest BCUT2D eigenvalue weighted by molar-refractivity contribution is 6.02. The molecule has 2 aromatic carbocycles. The Balaban J connectivity index is 2.00. The number of rotatable bonds is 7. The summed E-state index contributed by atoms with van der Waals surface area (Å²) in [6.45, 7) is 7.03. The van der Waals surface area contributed by atoms with Crippen molar-refractivity contribution in [1.82, 2.24) is 0 Å². The van der Waals surface area contributed by atoms with Crippen molar-refractivity contribution < 1.29 is 9.53 Å². The van der Waals surface area contributed by atoms with Gasteiger partial charge in [-0.15, -0.1) is 0 Å². The molecule has 0 saturated carbocycles. The molecule has 0 aliphatic carbocycles. The Kier molecular flexibility index (Phi) is 6.62. The number of nitrogens with one attached hydrogen (secondary N) is 1. The average Bonchev–Trinajstić information content (AvgIpc) is 2.59. The topological polar surface area (TPSA) is 38.3 Å². The average molecular weight is 323 g/mol. The third kappa shape index (κ3) is 5.27. The van der Waals surface area contributed by atoms with Crippen LogP contribution in [0, 0.1) is 0 Å². The zero-order chi connectivity index (χ0) is 17.4. The Labute approximate surface area is 144 Å². The minimum Gasteiger partial charge on any atom is -0.493 e. The Morgan fingerprint density at radius 3 is 2.50 bits per heavy atom. The van der Waals surface area contributed by atoms with Crippen molar-refractivity contribution in [2.45, 2.75) is 33.1 Å². The van der Waals surface area contributed by atoms with E-state index in [1.165, 1.54) is 11.6 Å². The number of carbonyl (C=O) groups excluding carboxylic acids is 1. The van der Waals surface area contributed by atoms with Gasteiger partial charge in [0.1, 0.15) is 5.75 Å². The molecule has 1 amide bonds. The summed E-state index contributed by atoms with van der Waals surface area (Å²) >= 11 is 0. The van der Waals surface area contributed by atoms with Gasteiger partial charge in [-0.3, -0.25) is 4.79 Å². The molecule has 2 rings (SSSR count). The van der Waals surface area contributed by atoms with Crippen molar-refractivity contribution >= 4 is 17.7 Å². The molecular formula is C21H25NO2. The second-order valence-corrected chi connectivity index (χ2v) is 5.99. The quantitative estimate of drug-likeness (QED) is 0.707. The maximum Gasteiger partial charge on any atom is 0.248 e. The molecule has 0 saturated heterocycles. The lowest BCUT2D eigenvalue weighted by atomic mass is 10.0. The maximum absolute atomic E-state index is 12.1. The second kappa shape index (κ2) is 8.92. The third-order valence-electron chi connectivity index (χ3n) is 3.64. The molecule has 3 nitrogen and oxygen atoms in total. The van der Waals surface area contributed by atoms with E-state index in [1.54, 1.807) is 6.08 Å².